The molecule has 0 spiro atoms. The molecule has 6 heteroatoms. The summed E-state index contributed by atoms with van der Waals surface area (Å²) in [4.78, 5) is 20.1. The van der Waals surface area contributed by atoms with Crippen molar-refractivity contribution in [3.05, 3.63) is 25.3 Å². The molecular formula is C10H24O2S4. The Bertz CT molecular complexity index is 162. The largest absolute Gasteiger partial charge is 0.295 e. The maximum absolute atomic E-state index is 10.1. The molecule has 0 saturated heterocycles. The molecular weight excluding hydrogens is 280 g/mol. The zero-order valence-corrected chi connectivity index (χ0v) is 13.8. The van der Waals surface area contributed by atoms with Crippen molar-refractivity contribution < 1.29 is 9.59 Å². The molecule has 16 heavy (non-hydrogen) atoms. The van der Waals surface area contributed by atoms with Gasteiger partial charge in [-0.05, 0) is 12.2 Å². The van der Waals surface area contributed by atoms with E-state index in [0.717, 1.165) is 0 Å². The van der Waals surface area contributed by atoms with Gasteiger partial charge in [0.25, 0.3) is 0 Å². The molecule has 0 aromatic rings. The van der Waals surface area contributed by atoms with Gasteiger partial charge in [0.15, 0.2) is 11.6 Å². The van der Waals surface area contributed by atoms with E-state index in [1.54, 1.807) is 0 Å². The van der Waals surface area contributed by atoms with Crippen LogP contribution in [0, 0.1) is 0 Å². The van der Waals surface area contributed by atoms with Crippen LogP contribution < -0.4 is 0 Å². The molecule has 0 aliphatic heterocycles. The number of allylic oxidation sites excluding steroid dienone is 2. The van der Waals surface area contributed by atoms with Crippen LogP contribution in [0.4, 0.5) is 0 Å². The Hall–Kier alpha value is 0.220. The Labute approximate surface area is 127 Å². The number of ketones is 2. The third kappa shape index (κ3) is 36.8. The van der Waals surface area contributed by atoms with Gasteiger partial charge in [0.1, 0.15) is 0 Å². The lowest BCUT2D eigenvalue weighted by Gasteiger charge is -1.75. The minimum atomic E-state index is 0. The molecule has 0 aromatic heterocycles. The number of hydrogen-bond donors (Lipinski definition) is 0. The average molecular weight is 305 g/mol. The van der Waals surface area contributed by atoms with Crippen molar-refractivity contribution in [3.63, 3.8) is 0 Å². The highest BCUT2D eigenvalue weighted by molar-refractivity contribution is 7.59. The quantitative estimate of drug-likeness (QED) is 0.748. The fourth-order valence-corrected chi connectivity index (χ4v) is 0.289. The maximum atomic E-state index is 10.1. The van der Waals surface area contributed by atoms with Crippen LogP contribution in [0.5, 0.6) is 0 Å². The summed E-state index contributed by atoms with van der Waals surface area (Å²) in [5, 5.41) is 0. The average Bonchev–Trinajstić information content (AvgIpc) is 2.16. The predicted molar refractivity (Wildman–Crippen MR) is 92.5 cm³/mol. The maximum Gasteiger partial charge on any atom is 0.154 e. The lowest BCUT2D eigenvalue weighted by atomic mass is 10.3. The first-order valence-electron chi connectivity index (χ1n) is 3.92. The molecule has 100 valence electrons. The Morgan fingerprint density at radius 1 is 0.812 bits per heavy atom. The fourth-order valence-electron chi connectivity index (χ4n) is 0.289. The van der Waals surface area contributed by atoms with E-state index in [2.05, 4.69) is 13.2 Å². The van der Waals surface area contributed by atoms with Crippen molar-refractivity contribution in [2.24, 2.45) is 0 Å². The fraction of sp³-hybridized carbons (Fsp3) is 0.400. The summed E-state index contributed by atoms with van der Waals surface area (Å²) in [5.74, 6) is 0.213. The smallest absolute Gasteiger partial charge is 0.154 e. The van der Waals surface area contributed by atoms with Gasteiger partial charge in [0.05, 0.1) is 0 Å². The van der Waals surface area contributed by atoms with Gasteiger partial charge in [-0.25, -0.2) is 0 Å². The van der Waals surface area contributed by atoms with Crippen LogP contribution in [0.15, 0.2) is 25.3 Å². The molecule has 0 aromatic carbocycles. The van der Waals surface area contributed by atoms with Crippen LogP contribution in [0.1, 0.15) is 26.7 Å². The Morgan fingerprint density at radius 2 is 1.00 bits per heavy atom. The first-order chi connectivity index (χ1) is 5.62. The van der Waals surface area contributed by atoms with Gasteiger partial charge in [-0.15, -0.1) is 0 Å². The third-order valence-corrected chi connectivity index (χ3v) is 1.15. The molecule has 0 aliphatic carbocycles. The van der Waals surface area contributed by atoms with Crippen molar-refractivity contribution in [1.82, 2.24) is 0 Å². The molecule has 0 heterocycles. The van der Waals surface area contributed by atoms with Gasteiger partial charge < -0.3 is 0 Å². The van der Waals surface area contributed by atoms with Gasteiger partial charge in [-0.3, -0.25) is 9.59 Å². The van der Waals surface area contributed by atoms with E-state index in [9.17, 15) is 9.59 Å². The normalized spacial score (nSPS) is 5.62. The van der Waals surface area contributed by atoms with Crippen LogP contribution in [-0.4, -0.2) is 11.6 Å². The zero-order chi connectivity index (χ0) is 9.98. The zero-order valence-electron chi connectivity index (χ0n) is 9.80. The predicted octanol–water partition coefficient (Wildman–Crippen LogP) is 2.75. The summed E-state index contributed by atoms with van der Waals surface area (Å²) in [6.07, 6.45) is 3.81. The standard InChI is InChI=1S/2C5H8O.4H2S/c2*1-3-5(6)4-2;;;;/h2*3H,1,4H2,2H3;4*1H2. The van der Waals surface area contributed by atoms with E-state index >= 15 is 0 Å². The van der Waals surface area contributed by atoms with Crippen molar-refractivity contribution in [2.75, 3.05) is 0 Å². The number of hydrogen-bond acceptors (Lipinski definition) is 2. The van der Waals surface area contributed by atoms with Crippen molar-refractivity contribution in [1.29, 1.82) is 0 Å². The number of rotatable bonds is 4. The first-order valence-corrected chi connectivity index (χ1v) is 3.92. The molecule has 0 atom stereocenters. The first kappa shape index (κ1) is 36.0. The molecule has 0 bridgehead atoms. The second-order valence-corrected chi connectivity index (χ2v) is 2.05. The van der Waals surface area contributed by atoms with Gasteiger partial charge >= 0.3 is 0 Å². The van der Waals surface area contributed by atoms with E-state index < -0.39 is 0 Å². The summed E-state index contributed by atoms with van der Waals surface area (Å²) in [5.41, 5.74) is 0. The third-order valence-electron chi connectivity index (χ3n) is 1.15. The molecule has 0 fully saturated rings. The van der Waals surface area contributed by atoms with Crippen LogP contribution in [-0.2, 0) is 9.59 Å². The van der Waals surface area contributed by atoms with Crippen molar-refractivity contribution >= 4 is 65.5 Å². The van der Waals surface area contributed by atoms with Crippen LogP contribution >= 0.6 is 54.0 Å². The van der Waals surface area contributed by atoms with Crippen LogP contribution in [0.25, 0.3) is 0 Å². The number of carbonyl (C=O) groups excluding carboxylic acids is 2. The summed E-state index contributed by atoms with van der Waals surface area (Å²) in [7, 11) is 0. The van der Waals surface area contributed by atoms with E-state index in [0.29, 0.717) is 12.8 Å². The van der Waals surface area contributed by atoms with Crippen LogP contribution in [0.3, 0.4) is 0 Å². The SMILES string of the molecule is C=CC(=O)CC.C=CC(=O)CC.S.S.S.S. The molecule has 0 aliphatic rings. The highest BCUT2D eigenvalue weighted by Gasteiger charge is 1.82. The summed E-state index contributed by atoms with van der Waals surface area (Å²) >= 11 is 0. The lowest BCUT2D eigenvalue weighted by Crippen LogP contribution is -1.83. The highest BCUT2D eigenvalue weighted by atomic mass is 32.1. The van der Waals surface area contributed by atoms with Gasteiger partial charge in [-0.1, -0.05) is 27.0 Å². The monoisotopic (exact) mass is 304 g/mol. The van der Waals surface area contributed by atoms with Gasteiger partial charge in [0.2, 0.25) is 0 Å². The highest BCUT2D eigenvalue weighted by Crippen LogP contribution is 1.77. The summed E-state index contributed by atoms with van der Waals surface area (Å²) < 4.78 is 0. The summed E-state index contributed by atoms with van der Waals surface area (Å²) in [6.45, 7) is 10.2. The Balaban J connectivity index is -0.0000000250. The molecule has 0 amide bonds. The molecule has 0 unspecified atom stereocenters. The second-order valence-electron chi connectivity index (χ2n) is 2.05. The van der Waals surface area contributed by atoms with E-state index in [1.165, 1.54) is 12.2 Å². The molecule has 0 N–H and O–H groups in total. The molecule has 0 radical (unpaired) electrons. The van der Waals surface area contributed by atoms with E-state index in [4.69, 9.17) is 0 Å². The number of carbonyl (C=O) groups is 2. The van der Waals surface area contributed by atoms with Crippen molar-refractivity contribution in [2.45, 2.75) is 26.7 Å². The van der Waals surface area contributed by atoms with Gasteiger partial charge in [0, 0.05) is 12.8 Å². The topological polar surface area (TPSA) is 34.1 Å². The molecule has 2 nitrogen and oxygen atoms in total. The van der Waals surface area contributed by atoms with E-state index in [-0.39, 0.29) is 65.5 Å². The minimum absolute atomic E-state index is 0. The Kier molecular flexibility index (Phi) is 66.2. The lowest BCUT2D eigenvalue weighted by molar-refractivity contribution is -0.115. The Morgan fingerprint density at radius 3 is 1.00 bits per heavy atom. The van der Waals surface area contributed by atoms with Gasteiger partial charge in [-0.2, -0.15) is 54.0 Å². The molecule has 0 rings (SSSR count). The van der Waals surface area contributed by atoms with Crippen LogP contribution in [0.2, 0.25) is 0 Å². The minimum Gasteiger partial charge on any atom is -0.295 e. The van der Waals surface area contributed by atoms with Crippen molar-refractivity contribution in [3.8, 4) is 0 Å². The van der Waals surface area contributed by atoms with E-state index in [1.807, 2.05) is 13.8 Å². The molecule has 0 saturated carbocycles. The summed E-state index contributed by atoms with van der Waals surface area (Å²) in [6, 6.07) is 0. The second kappa shape index (κ2) is 29.5.